The highest BCUT2D eigenvalue weighted by Crippen LogP contribution is 2.30. The molecule has 4 rings (SSSR count). The molecule has 0 saturated carbocycles. The molecule has 0 unspecified atom stereocenters. The molecular formula is C29H26N4O4S. The van der Waals surface area contributed by atoms with E-state index in [4.69, 9.17) is 14.2 Å². The summed E-state index contributed by atoms with van der Waals surface area (Å²) in [6, 6.07) is 22.7. The van der Waals surface area contributed by atoms with Gasteiger partial charge in [0.05, 0.1) is 7.11 Å². The van der Waals surface area contributed by atoms with Gasteiger partial charge < -0.3 is 14.2 Å². The van der Waals surface area contributed by atoms with Gasteiger partial charge in [0, 0.05) is 5.56 Å². The van der Waals surface area contributed by atoms with Gasteiger partial charge in [0.25, 0.3) is 5.91 Å². The van der Waals surface area contributed by atoms with Gasteiger partial charge in [0.2, 0.25) is 5.13 Å². The number of benzene rings is 3. The fourth-order valence-corrected chi connectivity index (χ4v) is 4.42. The molecule has 8 nitrogen and oxygen atoms in total. The number of carbonyl (C=O) groups excluding carboxylic acids is 1. The predicted molar refractivity (Wildman–Crippen MR) is 147 cm³/mol. The van der Waals surface area contributed by atoms with Crippen LogP contribution in [0.25, 0.3) is 16.6 Å². The minimum atomic E-state index is -0.578. The maximum Gasteiger partial charge on any atom is 0.268 e. The Bertz CT molecular complexity index is 1470. The molecule has 0 saturated heterocycles. The number of methoxy groups -OCH3 is 1. The number of aryl methyl sites for hydroxylation is 2. The Hall–Kier alpha value is -4.68. The minimum Gasteiger partial charge on any atom is -0.493 e. The lowest BCUT2D eigenvalue weighted by Crippen LogP contribution is -2.13. The van der Waals surface area contributed by atoms with Crippen LogP contribution in [0, 0.1) is 25.2 Å². The summed E-state index contributed by atoms with van der Waals surface area (Å²) in [5.41, 5.74) is 3.69. The summed E-state index contributed by atoms with van der Waals surface area (Å²) in [7, 11) is 1.53. The van der Waals surface area contributed by atoms with Gasteiger partial charge in [-0.25, -0.2) is 0 Å². The third kappa shape index (κ3) is 6.96. The molecule has 9 heteroatoms. The van der Waals surface area contributed by atoms with Crippen molar-refractivity contribution in [1.82, 2.24) is 10.2 Å². The van der Waals surface area contributed by atoms with Gasteiger partial charge in [-0.3, -0.25) is 10.1 Å². The second-order valence-electron chi connectivity index (χ2n) is 8.33. The average molecular weight is 527 g/mol. The molecule has 0 fully saturated rings. The molecule has 0 aliphatic carbocycles. The lowest BCUT2D eigenvalue weighted by atomic mass is 10.1. The van der Waals surface area contributed by atoms with Gasteiger partial charge in [0.1, 0.15) is 35.6 Å². The molecule has 1 heterocycles. The number of aromatic nitrogens is 2. The summed E-state index contributed by atoms with van der Waals surface area (Å²) >= 11 is 1.23. The Morgan fingerprint density at radius 2 is 1.71 bits per heavy atom. The van der Waals surface area contributed by atoms with E-state index >= 15 is 0 Å². The SMILES string of the molecule is COc1cc(/C=C(/C#N)C(=O)Nc2nnc(-c3ccccc3)s2)ccc1OCCOc1cc(C)cc(C)c1. The number of anilines is 1. The van der Waals surface area contributed by atoms with Gasteiger partial charge in [-0.2, -0.15) is 5.26 Å². The predicted octanol–water partition coefficient (Wildman–Crippen LogP) is 5.83. The lowest BCUT2D eigenvalue weighted by molar-refractivity contribution is -0.112. The molecule has 0 aliphatic rings. The zero-order chi connectivity index (χ0) is 26.9. The Morgan fingerprint density at radius 1 is 0.974 bits per heavy atom. The fourth-order valence-electron chi connectivity index (χ4n) is 3.67. The van der Waals surface area contributed by atoms with Crippen molar-refractivity contribution in [2.75, 3.05) is 25.6 Å². The maximum absolute atomic E-state index is 12.7. The van der Waals surface area contributed by atoms with Crippen LogP contribution in [-0.2, 0) is 4.79 Å². The summed E-state index contributed by atoms with van der Waals surface area (Å²) in [5, 5.41) is 21.3. The standard InChI is InChI=1S/C29H26N4O4S/c1-19-13-20(2)15-24(14-19)36-11-12-37-25-10-9-21(17-26(25)35-3)16-23(18-30)27(34)31-29-33-32-28(38-29)22-7-5-4-6-8-22/h4-10,13-17H,11-12H2,1-3H3,(H,31,33,34)/b23-16-. The Balaban J connectivity index is 1.38. The summed E-state index contributed by atoms with van der Waals surface area (Å²) in [4.78, 5) is 12.7. The van der Waals surface area contributed by atoms with E-state index in [-0.39, 0.29) is 5.57 Å². The third-order valence-corrected chi connectivity index (χ3v) is 6.22. The van der Waals surface area contributed by atoms with Crippen LogP contribution >= 0.6 is 11.3 Å². The molecule has 0 atom stereocenters. The van der Waals surface area contributed by atoms with Crippen LogP contribution in [0.2, 0.25) is 0 Å². The van der Waals surface area contributed by atoms with Crippen molar-refractivity contribution in [2.45, 2.75) is 13.8 Å². The number of rotatable bonds is 10. The first-order chi connectivity index (χ1) is 18.4. The van der Waals surface area contributed by atoms with Crippen LogP contribution in [0.5, 0.6) is 17.2 Å². The van der Waals surface area contributed by atoms with Gasteiger partial charge in [0.15, 0.2) is 11.5 Å². The summed E-state index contributed by atoms with van der Waals surface area (Å²) in [6.07, 6.45) is 1.48. The van der Waals surface area contributed by atoms with E-state index in [0.29, 0.717) is 40.4 Å². The van der Waals surface area contributed by atoms with Gasteiger partial charge >= 0.3 is 0 Å². The summed E-state index contributed by atoms with van der Waals surface area (Å²) in [6.45, 7) is 4.73. The largest absolute Gasteiger partial charge is 0.493 e. The first-order valence-electron chi connectivity index (χ1n) is 11.8. The van der Waals surface area contributed by atoms with Gasteiger partial charge in [-0.1, -0.05) is 53.8 Å². The van der Waals surface area contributed by atoms with Crippen molar-refractivity contribution in [3.05, 3.63) is 89.0 Å². The lowest BCUT2D eigenvalue weighted by Gasteiger charge is -2.13. The highest BCUT2D eigenvalue weighted by molar-refractivity contribution is 7.18. The first-order valence-corrected chi connectivity index (χ1v) is 12.6. The van der Waals surface area contributed by atoms with Crippen LogP contribution in [0.1, 0.15) is 16.7 Å². The third-order valence-electron chi connectivity index (χ3n) is 5.33. The average Bonchev–Trinajstić information content (AvgIpc) is 3.38. The molecule has 0 bridgehead atoms. The Morgan fingerprint density at radius 3 is 2.42 bits per heavy atom. The van der Waals surface area contributed by atoms with Gasteiger partial charge in [-0.15, -0.1) is 10.2 Å². The van der Waals surface area contributed by atoms with E-state index in [1.807, 2.05) is 62.4 Å². The smallest absolute Gasteiger partial charge is 0.268 e. The molecule has 0 aliphatic heterocycles. The van der Waals surface area contributed by atoms with E-state index in [1.54, 1.807) is 18.2 Å². The highest BCUT2D eigenvalue weighted by Gasteiger charge is 2.14. The number of hydrogen-bond donors (Lipinski definition) is 1. The van der Waals surface area contributed by atoms with Crippen molar-refractivity contribution >= 4 is 28.5 Å². The maximum atomic E-state index is 12.7. The molecule has 0 radical (unpaired) electrons. The minimum absolute atomic E-state index is 0.0842. The molecule has 3 aromatic carbocycles. The van der Waals surface area contributed by atoms with E-state index in [2.05, 4.69) is 21.6 Å². The normalized spacial score (nSPS) is 10.9. The number of nitrogens with one attached hydrogen (secondary N) is 1. The quantitative estimate of drug-likeness (QED) is 0.157. The Labute approximate surface area is 225 Å². The van der Waals surface area contributed by atoms with Crippen molar-refractivity contribution in [3.8, 4) is 33.9 Å². The second-order valence-corrected chi connectivity index (χ2v) is 9.31. The van der Waals surface area contributed by atoms with Crippen LogP contribution in [-0.4, -0.2) is 36.4 Å². The molecule has 1 amide bonds. The van der Waals surface area contributed by atoms with E-state index in [0.717, 1.165) is 22.4 Å². The van der Waals surface area contributed by atoms with Crippen LogP contribution in [0.15, 0.2) is 72.3 Å². The monoisotopic (exact) mass is 526 g/mol. The number of ether oxygens (including phenoxy) is 3. The van der Waals surface area contributed by atoms with Crippen molar-refractivity contribution in [2.24, 2.45) is 0 Å². The number of carbonyl (C=O) groups is 1. The second kappa shape index (κ2) is 12.5. The van der Waals surface area contributed by atoms with E-state index in [1.165, 1.54) is 24.5 Å². The zero-order valence-electron chi connectivity index (χ0n) is 21.2. The molecule has 4 aromatic rings. The van der Waals surface area contributed by atoms with Crippen LogP contribution in [0.3, 0.4) is 0 Å². The van der Waals surface area contributed by atoms with Crippen molar-refractivity contribution in [1.29, 1.82) is 5.26 Å². The number of amides is 1. The molecule has 1 N–H and O–H groups in total. The van der Waals surface area contributed by atoms with Gasteiger partial charge in [-0.05, 0) is 60.9 Å². The molecule has 1 aromatic heterocycles. The molecule has 192 valence electrons. The van der Waals surface area contributed by atoms with Crippen molar-refractivity contribution in [3.63, 3.8) is 0 Å². The van der Waals surface area contributed by atoms with E-state index in [9.17, 15) is 10.1 Å². The molecule has 38 heavy (non-hydrogen) atoms. The zero-order valence-corrected chi connectivity index (χ0v) is 22.0. The molecular weight excluding hydrogens is 500 g/mol. The highest BCUT2D eigenvalue weighted by atomic mass is 32.1. The van der Waals surface area contributed by atoms with E-state index < -0.39 is 5.91 Å². The summed E-state index contributed by atoms with van der Waals surface area (Å²) in [5.74, 6) is 1.22. The fraction of sp³-hybridized carbons (Fsp3) is 0.172. The topological polar surface area (TPSA) is 106 Å². The number of hydrogen-bond acceptors (Lipinski definition) is 8. The number of nitriles is 1. The van der Waals surface area contributed by atoms with Crippen LogP contribution < -0.4 is 19.5 Å². The van der Waals surface area contributed by atoms with Crippen LogP contribution in [0.4, 0.5) is 5.13 Å². The summed E-state index contributed by atoms with van der Waals surface area (Å²) < 4.78 is 17.1. The Kier molecular flexibility index (Phi) is 8.69. The molecule has 0 spiro atoms. The van der Waals surface area contributed by atoms with Crippen molar-refractivity contribution < 1.29 is 19.0 Å². The number of nitrogens with zero attached hydrogens (tertiary/aromatic N) is 3. The first kappa shape index (κ1) is 26.4.